The molecule has 1 rings (SSSR count). The van der Waals surface area contributed by atoms with Crippen LogP contribution >= 0.6 is 11.6 Å². The van der Waals surface area contributed by atoms with Gasteiger partial charge in [0.1, 0.15) is 4.90 Å². The molecule has 1 amide bonds. The normalized spacial score (nSPS) is 12.0. The van der Waals surface area contributed by atoms with E-state index in [4.69, 9.17) is 16.7 Å². The Balaban J connectivity index is 3.16. The molecular weight excluding hydrogens is 344 g/mol. The third-order valence-corrected chi connectivity index (χ3v) is 5.04. The number of rotatable bonds is 6. The monoisotopic (exact) mass is 362 g/mol. The summed E-state index contributed by atoms with van der Waals surface area (Å²) in [6.45, 7) is 2.48. The van der Waals surface area contributed by atoms with Gasteiger partial charge in [-0.05, 0) is 32.0 Å². The molecule has 0 aliphatic rings. The van der Waals surface area contributed by atoms with Gasteiger partial charge in [-0.3, -0.25) is 9.59 Å². The van der Waals surface area contributed by atoms with Crippen LogP contribution in [-0.2, 0) is 14.8 Å². The minimum Gasteiger partial charge on any atom is -0.481 e. The second kappa shape index (κ2) is 6.86. The predicted octanol–water partition coefficient (Wildman–Crippen LogP) is 1.43. The van der Waals surface area contributed by atoms with Crippen LogP contribution in [0.2, 0.25) is 5.02 Å². The maximum atomic E-state index is 12.4. The SMILES string of the molecule is CN(C)C(=O)c1ccc(Cl)c(S(=O)(=O)NCC(C)(C)C(=O)O)c1. The van der Waals surface area contributed by atoms with Crippen LogP contribution in [0.3, 0.4) is 0 Å². The number of sulfonamides is 1. The Labute approximate surface area is 140 Å². The van der Waals surface area contributed by atoms with Gasteiger partial charge < -0.3 is 10.0 Å². The molecule has 0 aliphatic carbocycles. The summed E-state index contributed by atoms with van der Waals surface area (Å²) in [4.78, 5) is 24.0. The van der Waals surface area contributed by atoms with Crippen molar-refractivity contribution < 1.29 is 23.1 Å². The van der Waals surface area contributed by atoms with Crippen LogP contribution in [0.5, 0.6) is 0 Å². The first-order chi connectivity index (χ1) is 10.4. The Bertz CT molecular complexity index is 729. The number of carboxylic acids is 1. The lowest BCUT2D eigenvalue weighted by Crippen LogP contribution is -2.39. The average Bonchev–Trinajstić information content (AvgIpc) is 2.44. The number of nitrogens with one attached hydrogen (secondary N) is 1. The lowest BCUT2D eigenvalue weighted by molar-refractivity contribution is -0.146. The van der Waals surface area contributed by atoms with Crippen molar-refractivity contribution in [1.82, 2.24) is 9.62 Å². The molecule has 0 unspecified atom stereocenters. The zero-order valence-electron chi connectivity index (χ0n) is 13.3. The largest absolute Gasteiger partial charge is 0.481 e. The van der Waals surface area contributed by atoms with Gasteiger partial charge in [0, 0.05) is 26.2 Å². The van der Waals surface area contributed by atoms with Crippen LogP contribution in [0, 0.1) is 5.41 Å². The minimum absolute atomic E-state index is 0.0547. The zero-order valence-corrected chi connectivity index (χ0v) is 14.8. The first-order valence-electron chi connectivity index (χ1n) is 6.63. The molecule has 9 heteroatoms. The second-order valence-electron chi connectivity index (χ2n) is 5.86. The lowest BCUT2D eigenvalue weighted by Gasteiger charge is -2.20. The topological polar surface area (TPSA) is 104 Å². The third kappa shape index (κ3) is 4.66. The number of benzene rings is 1. The fraction of sp³-hybridized carbons (Fsp3) is 0.429. The van der Waals surface area contributed by atoms with Crippen LogP contribution in [0.1, 0.15) is 24.2 Å². The molecule has 0 saturated heterocycles. The van der Waals surface area contributed by atoms with Crippen molar-refractivity contribution in [2.45, 2.75) is 18.7 Å². The highest BCUT2D eigenvalue weighted by Crippen LogP contribution is 2.24. The van der Waals surface area contributed by atoms with Crippen LogP contribution in [0.4, 0.5) is 0 Å². The van der Waals surface area contributed by atoms with Gasteiger partial charge in [-0.1, -0.05) is 11.6 Å². The van der Waals surface area contributed by atoms with Gasteiger partial charge in [0.25, 0.3) is 5.91 Å². The van der Waals surface area contributed by atoms with Crippen molar-refractivity contribution >= 4 is 33.5 Å². The molecule has 1 aromatic rings. The van der Waals surface area contributed by atoms with Crippen molar-refractivity contribution in [3.8, 4) is 0 Å². The van der Waals surface area contributed by atoms with Gasteiger partial charge in [-0.15, -0.1) is 0 Å². The van der Waals surface area contributed by atoms with Gasteiger partial charge in [0.15, 0.2) is 0 Å². The highest BCUT2D eigenvalue weighted by molar-refractivity contribution is 7.89. The van der Waals surface area contributed by atoms with E-state index < -0.39 is 21.4 Å². The quantitative estimate of drug-likeness (QED) is 0.796. The van der Waals surface area contributed by atoms with E-state index in [9.17, 15) is 18.0 Å². The maximum absolute atomic E-state index is 12.4. The van der Waals surface area contributed by atoms with Crippen molar-refractivity contribution in [3.63, 3.8) is 0 Å². The summed E-state index contributed by atoms with van der Waals surface area (Å²) in [7, 11) is -0.975. The number of amides is 1. The fourth-order valence-electron chi connectivity index (χ4n) is 1.53. The lowest BCUT2D eigenvalue weighted by atomic mass is 9.95. The van der Waals surface area contributed by atoms with E-state index in [-0.39, 0.29) is 27.9 Å². The van der Waals surface area contributed by atoms with E-state index in [1.54, 1.807) is 14.1 Å². The Kier molecular flexibility index (Phi) is 5.79. The number of aliphatic carboxylic acids is 1. The Morgan fingerprint density at radius 3 is 2.35 bits per heavy atom. The number of halogens is 1. The number of hydrogen-bond donors (Lipinski definition) is 2. The van der Waals surface area contributed by atoms with Crippen molar-refractivity contribution in [3.05, 3.63) is 28.8 Å². The summed E-state index contributed by atoms with van der Waals surface area (Å²) >= 11 is 5.92. The van der Waals surface area contributed by atoms with E-state index in [0.29, 0.717) is 0 Å². The van der Waals surface area contributed by atoms with E-state index >= 15 is 0 Å². The molecule has 0 spiro atoms. The van der Waals surface area contributed by atoms with E-state index in [1.807, 2.05) is 0 Å². The maximum Gasteiger partial charge on any atom is 0.310 e. The average molecular weight is 363 g/mol. The minimum atomic E-state index is -4.06. The summed E-state index contributed by atoms with van der Waals surface area (Å²) in [5, 5.41) is 8.98. The Morgan fingerprint density at radius 2 is 1.87 bits per heavy atom. The summed E-state index contributed by atoms with van der Waals surface area (Å²) in [5.74, 6) is -1.51. The molecule has 0 fully saturated rings. The van der Waals surface area contributed by atoms with E-state index in [2.05, 4.69) is 4.72 Å². The number of nitrogens with zero attached hydrogens (tertiary/aromatic N) is 1. The molecule has 0 atom stereocenters. The molecule has 0 aliphatic heterocycles. The summed E-state index contributed by atoms with van der Waals surface area (Å²) in [6, 6.07) is 3.90. The molecule has 0 bridgehead atoms. The highest BCUT2D eigenvalue weighted by atomic mass is 35.5. The standard InChI is InChI=1S/C14H19ClN2O5S/c1-14(2,13(19)20)8-16-23(21,22)11-7-9(5-6-10(11)15)12(18)17(3)4/h5-7,16H,8H2,1-4H3,(H,19,20). The Hall–Kier alpha value is -1.64. The smallest absolute Gasteiger partial charge is 0.310 e. The summed E-state index contributed by atoms with van der Waals surface area (Å²) < 4.78 is 26.9. The van der Waals surface area contributed by atoms with Crippen LogP contribution in [0.25, 0.3) is 0 Å². The zero-order chi connectivity index (χ0) is 18.0. The summed E-state index contributed by atoms with van der Waals surface area (Å²) in [5.41, 5.74) is -1.12. The first-order valence-corrected chi connectivity index (χ1v) is 8.49. The van der Waals surface area contributed by atoms with Gasteiger partial charge >= 0.3 is 5.97 Å². The van der Waals surface area contributed by atoms with Gasteiger partial charge in [-0.2, -0.15) is 0 Å². The van der Waals surface area contributed by atoms with Crippen molar-refractivity contribution in [2.75, 3.05) is 20.6 Å². The van der Waals surface area contributed by atoms with Crippen LogP contribution in [-0.4, -0.2) is 50.9 Å². The highest BCUT2D eigenvalue weighted by Gasteiger charge is 2.30. The van der Waals surface area contributed by atoms with Crippen molar-refractivity contribution in [1.29, 1.82) is 0 Å². The van der Waals surface area contributed by atoms with Crippen LogP contribution < -0.4 is 4.72 Å². The van der Waals surface area contributed by atoms with E-state index in [0.717, 1.165) is 0 Å². The molecule has 23 heavy (non-hydrogen) atoms. The number of carbonyl (C=O) groups is 2. The molecule has 0 saturated carbocycles. The van der Waals surface area contributed by atoms with Gasteiger partial charge in [0.2, 0.25) is 10.0 Å². The molecule has 2 N–H and O–H groups in total. The van der Waals surface area contributed by atoms with Crippen molar-refractivity contribution in [2.24, 2.45) is 5.41 Å². The van der Waals surface area contributed by atoms with E-state index in [1.165, 1.54) is 36.9 Å². The molecule has 7 nitrogen and oxygen atoms in total. The second-order valence-corrected chi connectivity index (χ2v) is 8.00. The number of carboxylic acid groups (broad SMARTS) is 1. The third-order valence-electron chi connectivity index (χ3n) is 3.16. The Morgan fingerprint density at radius 1 is 1.30 bits per heavy atom. The molecule has 0 aromatic heterocycles. The molecular formula is C14H19ClN2O5S. The number of carbonyl (C=O) groups excluding carboxylic acids is 1. The van der Waals surface area contributed by atoms with Crippen LogP contribution in [0.15, 0.2) is 23.1 Å². The molecule has 0 heterocycles. The first kappa shape index (κ1) is 19.4. The molecule has 1 aromatic carbocycles. The van der Waals surface area contributed by atoms with Gasteiger partial charge in [0.05, 0.1) is 10.4 Å². The predicted molar refractivity (Wildman–Crippen MR) is 86.1 cm³/mol. The number of hydrogen-bond acceptors (Lipinski definition) is 4. The van der Waals surface area contributed by atoms with Gasteiger partial charge in [-0.25, -0.2) is 13.1 Å². The molecule has 0 radical (unpaired) electrons. The molecule has 128 valence electrons. The fourth-order valence-corrected chi connectivity index (χ4v) is 3.26. The summed E-state index contributed by atoms with van der Waals surface area (Å²) in [6.07, 6.45) is 0.